The van der Waals surface area contributed by atoms with Crippen LogP contribution in [0.3, 0.4) is 0 Å². The molecule has 3 heterocycles. The zero-order valence-electron chi connectivity index (χ0n) is 18.9. The Bertz CT molecular complexity index is 1170. The zero-order valence-corrected chi connectivity index (χ0v) is 18.9. The Labute approximate surface area is 193 Å². The van der Waals surface area contributed by atoms with Gasteiger partial charge in [0.25, 0.3) is 0 Å². The van der Waals surface area contributed by atoms with Crippen LogP contribution in [-0.2, 0) is 6.42 Å². The van der Waals surface area contributed by atoms with Crippen LogP contribution in [-0.4, -0.2) is 52.6 Å². The maximum Gasteiger partial charge on any atom is 0.224 e. The van der Waals surface area contributed by atoms with Crippen molar-refractivity contribution in [3.63, 3.8) is 0 Å². The van der Waals surface area contributed by atoms with E-state index in [1.807, 2.05) is 31.3 Å². The molecule has 170 valence electrons. The van der Waals surface area contributed by atoms with E-state index in [2.05, 4.69) is 43.1 Å². The van der Waals surface area contributed by atoms with E-state index in [1.165, 1.54) is 6.33 Å². The van der Waals surface area contributed by atoms with Gasteiger partial charge >= 0.3 is 0 Å². The van der Waals surface area contributed by atoms with Crippen LogP contribution >= 0.6 is 0 Å². The molecule has 8 heteroatoms. The highest BCUT2D eigenvalue weighted by atomic mass is 19.1. The molecule has 7 nitrogen and oxygen atoms in total. The molecule has 5 rings (SSSR count). The number of likely N-dealkylation sites (N-methyl/N-ethyl adjacent to an activating group) is 1. The quantitative estimate of drug-likeness (QED) is 0.591. The normalized spacial score (nSPS) is 15.8. The van der Waals surface area contributed by atoms with E-state index in [-0.39, 0.29) is 17.4 Å². The summed E-state index contributed by atoms with van der Waals surface area (Å²) in [5, 5.41) is 3.17. The van der Waals surface area contributed by atoms with Gasteiger partial charge in [-0.3, -0.25) is 0 Å². The average molecular weight is 447 g/mol. The number of anilines is 3. The van der Waals surface area contributed by atoms with Crippen LogP contribution in [0.4, 0.5) is 21.7 Å². The van der Waals surface area contributed by atoms with E-state index in [1.54, 1.807) is 12.1 Å². The second-order valence-electron chi connectivity index (χ2n) is 8.41. The fourth-order valence-corrected chi connectivity index (χ4v) is 4.28. The van der Waals surface area contributed by atoms with Crippen molar-refractivity contribution in [1.29, 1.82) is 0 Å². The van der Waals surface area contributed by atoms with Gasteiger partial charge in [0, 0.05) is 37.8 Å². The Balaban J connectivity index is 1.25. The number of hydrogen-bond acceptors (Lipinski definition) is 7. The topological polar surface area (TPSA) is 66.4 Å². The molecule has 0 spiro atoms. The van der Waals surface area contributed by atoms with E-state index < -0.39 is 0 Å². The Kier molecular flexibility index (Phi) is 5.92. The molecule has 0 atom stereocenters. The molecule has 2 aliphatic rings. The van der Waals surface area contributed by atoms with E-state index >= 15 is 0 Å². The van der Waals surface area contributed by atoms with E-state index in [4.69, 9.17) is 4.74 Å². The highest BCUT2D eigenvalue weighted by Crippen LogP contribution is 2.34. The molecule has 0 amide bonds. The SMILES string of the molecule is CCN1CCN(c2ccc(Nc3cc(Oc4ccc5c(c4F)C=C(C)C5)ncn3)nc2)CC1. The number of hydrogen-bond donors (Lipinski definition) is 1. The number of aromatic nitrogens is 3. The first-order valence-corrected chi connectivity index (χ1v) is 11.3. The third-order valence-corrected chi connectivity index (χ3v) is 6.14. The van der Waals surface area contributed by atoms with Crippen LogP contribution in [0.2, 0.25) is 0 Å². The van der Waals surface area contributed by atoms with Gasteiger partial charge in [0.2, 0.25) is 5.88 Å². The number of rotatable bonds is 6. The summed E-state index contributed by atoms with van der Waals surface area (Å²) in [6.45, 7) is 9.43. The first kappa shape index (κ1) is 21.3. The van der Waals surface area contributed by atoms with Gasteiger partial charge in [-0.15, -0.1) is 0 Å². The molecule has 3 aromatic rings. The Morgan fingerprint density at radius 3 is 2.64 bits per heavy atom. The van der Waals surface area contributed by atoms with Crippen LogP contribution < -0.4 is 15.0 Å². The number of ether oxygens (including phenoxy) is 1. The lowest BCUT2D eigenvalue weighted by Crippen LogP contribution is -2.46. The number of nitrogens with one attached hydrogen (secondary N) is 1. The maximum atomic E-state index is 14.9. The number of nitrogens with zero attached hydrogens (tertiary/aromatic N) is 5. The molecule has 2 aromatic heterocycles. The van der Waals surface area contributed by atoms with Gasteiger partial charge in [0.15, 0.2) is 11.6 Å². The number of allylic oxidation sites excluding steroid dienone is 1. The van der Waals surface area contributed by atoms with Crippen molar-refractivity contribution >= 4 is 23.4 Å². The van der Waals surface area contributed by atoms with Crippen molar-refractivity contribution in [3.8, 4) is 11.6 Å². The van der Waals surface area contributed by atoms with Crippen molar-refractivity contribution < 1.29 is 9.13 Å². The predicted octanol–water partition coefficient (Wildman–Crippen LogP) is 4.65. The molecule has 0 radical (unpaired) electrons. The monoisotopic (exact) mass is 446 g/mol. The molecule has 0 unspecified atom stereocenters. The van der Waals surface area contributed by atoms with Crippen molar-refractivity contribution in [2.24, 2.45) is 0 Å². The lowest BCUT2D eigenvalue weighted by molar-refractivity contribution is 0.271. The molecular formula is C25H27FN6O. The van der Waals surface area contributed by atoms with E-state index in [9.17, 15) is 4.39 Å². The van der Waals surface area contributed by atoms with Crippen molar-refractivity contribution in [2.75, 3.05) is 42.9 Å². The summed E-state index contributed by atoms with van der Waals surface area (Å²) in [6.07, 6.45) is 5.89. The molecule has 1 saturated heterocycles. The van der Waals surface area contributed by atoms with Gasteiger partial charge in [-0.05, 0) is 43.7 Å². The highest BCUT2D eigenvalue weighted by Gasteiger charge is 2.19. The van der Waals surface area contributed by atoms with Crippen LogP contribution in [0.15, 0.2) is 48.4 Å². The fraction of sp³-hybridized carbons (Fsp3) is 0.320. The molecule has 33 heavy (non-hydrogen) atoms. The Hall–Kier alpha value is -3.52. The van der Waals surface area contributed by atoms with Crippen molar-refractivity contribution in [2.45, 2.75) is 20.3 Å². The first-order chi connectivity index (χ1) is 16.1. The number of benzene rings is 1. The van der Waals surface area contributed by atoms with Crippen molar-refractivity contribution in [1.82, 2.24) is 19.9 Å². The first-order valence-electron chi connectivity index (χ1n) is 11.3. The molecule has 1 aromatic carbocycles. The average Bonchev–Trinajstić information content (AvgIpc) is 3.23. The summed E-state index contributed by atoms with van der Waals surface area (Å²) in [6, 6.07) is 9.17. The van der Waals surface area contributed by atoms with Gasteiger partial charge in [0.05, 0.1) is 11.9 Å². The molecule has 0 bridgehead atoms. The minimum Gasteiger partial charge on any atom is -0.436 e. The smallest absolute Gasteiger partial charge is 0.224 e. The van der Waals surface area contributed by atoms with Crippen LogP contribution in [0.5, 0.6) is 11.6 Å². The molecule has 1 aliphatic carbocycles. The van der Waals surface area contributed by atoms with E-state index in [0.29, 0.717) is 17.2 Å². The lowest BCUT2D eigenvalue weighted by Gasteiger charge is -2.35. The third kappa shape index (κ3) is 4.66. The predicted molar refractivity (Wildman–Crippen MR) is 128 cm³/mol. The maximum absolute atomic E-state index is 14.9. The molecule has 0 saturated carbocycles. The summed E-state index contributed by atoms with van der Waals surface area (Å²) in [5.41, 5.74) is 3.82. The molecule has 1 aliphatic heterocycles. The van der Waals surface area contributed by atoms with Crippen LogP contribution in [0.1, 0.15) is 25.0 Å². The molecule has 1 N–H and O–H groups in total. The van der Waals surface area contributed by atoms with Gasteiger partial charge in [-0.1, -0.05) is 24.6 Å². The highest BCUT2D eigenvalue weighted by molar-refractivity contribution is 5.66. The van der Waals surface area contributed by atoms with Gasteiger partial charge < -0.3 is 19.9 Å². The third-order valence-electron chi connectivity index (χ3n) is 6.14. The van der Waals surface area contributed by atoms with Crippen LogP contribution in [0.25, 0.3) is 6.08 Å². The summed E-state index contributed by atoms with van der Waals surface area (Å²) < 4.78 is 20.6. The number of piperazine rings is 1. The number of pyridine rings is 1. The van der Waals surface area contributed by atoms with Gasteiger partial charge in [-0.25, -0.2) is 19.3 Å². The molecular weight excluding hydrogens is 419 g/mol. The largest absolute Gasteiger partial charge is 0.436 e. The van der Waals surface area contributed by atoms with Crippen LogP contribution in [0, 0.1) is 5.82 Å². The lowest BCUT2D eigenvalue weighted by atomic mass is 10.1. The zero-order chi connectivity index (χ0) is 22.8. The standard InChI is InChI=1S/C25H27FN6O/c1-3-31-8-10-32(11-9-31)19-5-7-22(27-15-19)30-23-14-24(29-16-28-23)33-21-6-4-18-12-17(2)13-20(18)25(21)26/h4-7,13-16H,3,8-12H2,1-2H3,(H,27,28,29,30). The minimum atomic E-state index is -0.366. The number of halogens is 1. The Morgan fingerprint density at radius 2 is 1.88 bits per heavy atom. The van der Waals surface area contributed by atoms with E-state index in [0.717, 1.165) is 56.0 Å². The summed E-state index contributed by atoms with van der Waals surface area (Å²) in [5.74, 6) is 1.23. The summed E-state index contributed by atoms with van der Waals surface area (Å²) in [4.78, 5) is 17.7. The summed E-state index contributed by atoms with van der Waals surface area (Å²) >= 11 is 0. The minimum absolute atomic E-state index is 0.148. The van der Waals surface area contributed by atoms with Crippen molar-refractivity contribution in [3.05, 3.63) is 65.4 Å². The van der Waals surface area contributed by atoms with Gasteiger partial charge in [-0.2, -0.15) is 0 Å². The fourth-order valence-electron chi connectivity index (χ4n) is 4.28. The van der Waals surface area contributed by atoms with Gasteiger partial charge in [0.1, 0.15) is 18.0 Å². The second kappa shape index (κ2) is 9.15. The Morgan fingerprint density at radius 1 is 1.03 bits per heavy atom. The second-order valence-corrected chi connectivity index (χ2v) is 8.41. The summed E-state index contributed by atoms with van der Waals surface area (Å²) in [7, 11) is 0. The molecule has 1 fully saturated rings. The number of fused-ring (bicyclic) bond motifs is 1.